The Morgan fingerprint density at radius 3 is 2.74 bits per heavy atom. The van der Waals surface area contributed by atoms with E-state index in [2.05, 4.69) is 28.7 Å². The monoisotopic (exact) mass is 549 g/mol. The number of pyridine rings is 1. The van der Waals surface area contributed by atoms with E-state index in [1.165, 1.54) is 9.87 Å². The van der Waals surface area contributed by atoms with E-state index in [9.17, 15) is 8.42 Å². The van der Waals surface area contributed by atoms with E-state index in [1.54, 1.807) is 18.6 Å². The van der Waals surface area contributed by atoms with Crippen LogP contribution in [-0.4, -0.2) is 60.0 Å². The quantitative estimate of drug-likeness (QED) is 0.502. The Kier molecular flexibility index (Phi) is 6.47. The standard InChI is InChI=1S/C28H35N7O3S/c1-28(2)7-5-23-22(13-28)27(33-17-32-23)34-9-10-38-24-4-3-18(11-20(24)15-34)19-12-25(26(30)31-14-19)39(36,37)35-8-6-21(29)16-35/h3-4,11-12,14,17,21H,5-10,13,15-16,29H2,1-2H3,(H2,30,31)/t21-/m1/s1. The second-order valence-electron chi connectivity index (χ2n) is 11.6. The molecule has 0 spiro atoms. The van der Waals surface area contributed by atoms with E-state index in [0.717, 1.165) is 47.7 Å². The van der Waals surface area contributed by atoms with Crippen LogP contribution in [0.1, 0.15) is 43.5 Å². The van der Waals surface area contributed by atoms with E-state index in [-0.39, 0.29) is 28.7 Å². The molecule has 3 aromatic rings. The molecule has 2 aromatic heterocycles. The normalized spacial score (nSPS) is 21.1. The maximum Gasteiger partial charge on any atom is 0.246 e. The molecule has 3 aliphatic rings. The molecule has 1 aromatic carbocycles. The largest absolute Gasteiger partial charge is 0.491 e. The van der Waals surface area contributed by atoms with E-state index < -0.39 is 10.0 Å². The molecule has 1 fully saturated rings. The summed E-state index contributed by atoms with van der Waals surface area (Å²) in [6.07, 6.45) is 6.93. The summed E-state index contributed by atoms with van der Waals surface area (Å²) in [5.41, 5.74) is 17.1. The van der Waals surface area contributed by atoms with Crippen LogP contribution < -0.4 is 21.1 Å². The number of ether oxygens (including phenoxy) is 1. The Morgan fingerprint density at radius 2 is 1.95 bits per heavy atom. The van der Waals surface area contributed by atoms with Gasteiger partial charge in [-0.25, -0.2) is 23.4 Å². The van der Waals surface area contributed by atoms with Gasteiger partial charge in [0.2, 0.25) is 10.0 Å². The Hall–Kier alpha value is -3.28. The molecular formula is C28H35N7O3S. The van der Waals surface area contributed by atoms with Crippen LogP contribution in [-0.2, 0) is 29.4 Å². The fourth-order valence-corrected chi connectivity index (χ4v) is 7.42. The molecule has 0 amide bonds. The molecule has 4 N–H and O–H groups in total. The van der Waals surface area contributed by atoms with Crippen molar-refractivity contribution in [3.63, 3.8) is 0 Å². The number of hydrogen-bond acceptors (Lipinski definition) is 9. The van der Waals surface area contributed by atoms with Crippen molar-refractivity contribution in [1.29, 1.82) is 0 Å². The predicted octanol–water partition coefficient (Wildman–Crippen LogP) is 2.76. The lowest BCUT2D eigenvalue weighted by molar-refractivity contribution is 0.310. The average Bonchev–Trinajstić information content (AvgIpc) is 3.24. The number of anilines is 2. The fraction of sp³-hybridized carbons (Fsp3) is 0.464. The molecule has 0 saturated carbocycles. The number of benzene rings is 1. The average molecular weight is 550 g/mol. The molecule has 1 aliphatic carbocycles. The van der Waals surface area contributed by atoms with Crippen LogP contribution >= 0.6 is 0 Å². The van der Waals surface area contributed by atoms with Gasteiger partial charge in [-0.05, 0) is 54.9 Å². The van der Waals surface area contributed by atoms with Gasteiger partial charge in [-0.2, -0.15) is 4.31 Å². The van der Waals surface area contributed by atoms with Gasteiger partial charge in [0, 0.05) is 54.3 Å². The molecular weight excluding hydrogens is 514 g/mol. The highest BCUT2D eigenvalue weighted by molar-refractivity contribution is 7.89. The van der Waals surface area contributed by atoms with Crippen molar-refractivity contribution in [3.05, 3.63) is 53.6 Å². The molecule has 0 bridgehead atoms. The third kappa shape index (κ3) is 4.94. The number of aromatic nitrogens is 3. The molecule has 1 saturated heterocycles. The third-order valence-electron chi connectivity index (χ3n) is 8.07. The van der Waals surface area contributed by atoms with E-state index in [0.29, 0.717) is 38.2 Å². The second-order valence-corrected chi connectivity index (χ2v) is 13.5. The van der Waals surface area contributed by atoms with Crippen molar-refractivity contribution in [2.45, 2.75) is 57.0 Å². The van der Waals surface area contributed by atoms with Crippen LogP contribution in [0.25, 0.3) is 11.1 Å². The molecule has 0 radical (unpaired) electrons. The predicted molar refractivity (Wildman–Crippen MR) is 150 cm³/mol. The van der Waals surface area contributed by atoms with Gasteiger partial charge >= 0.3 is 0 Å². The number of hydrogen-bond donors (Lipinski definition) is 2. The highest BCUT2D eigenvalue weighted by Gasteiger charge is 2.33. The Morgan fingerprint density at radius 1 is 1.10 bits per heavy atom. The number of nitrogens with zero attached hydrogens (tertiary/aromatic N) is 5. The first-order valence-corrected chi connectivity index (χ1v) is 14.9. The lowest BCUT2D eigenvalue weighted by Gasteiger charge is -2.33. The van der Waals surface area contributed by atoms with Crippen LogP contribution in [0.15, 0.2) is 41.7 Å². The van der Waals surface area contributed by atoms with Crippen LogP contribution in [0, 0.1) is 5.41 Å². The number of sulfonamides is 1. The highest BCUT2D eigenvalue weighted by atomic mass is 32.2. The van der Waals surface area contributed by atoms with Gasteiger partial charge in [-0.15, -0.1) is 0 Å². The zero-order valence-corrected chi connectivity index (χ0v) is 23.2. The van der Waals surface area contributed by atoms with Crippen LogP contribution in [0.4, 0.5) is 11.6 Å². The minimum Gasteiger partial charge on any atom is -0.491 e. The summed E-state index contributed by atoms with van der Waals surface area (Å²) < 4.78 is 34.2. The van der Waals surface area contributed by atoms with Crippen molar-refractivity contribution in [2.24, 2.45) is 11.1 Å². The van der Waals surface area contributed by atoms with Crippen molar-refractivity contribution in [2.75, 3.05) is 36.9 Å². The van der Waals surface area contributed by atoms with E-state index >= 15 is 0 Å². The molecule has 1 atom stereocenters. The van der Waals surface area contributed by atoms with Gasteiger partial charge in [0.1, 0.15) is 35.2 Å². The van der Waals surface area contributed by atoms with Crippen LogP contribution in [0.5, 0.6) is 5.75 Å². The van der Waals surface area contributed by atoms with Gasteiger partial charge in [-0.3, -0.25) is 0 Å². The minimum atomic E-state index is -3.80. The summed E-state index contributed by atoms with van der Waals surface area (Å²) in [4.78, 5) is 15.8. The SMILES string of the molecule is CC1(C)CCc2ncnc(N3CCOc4ccc(-c5cnc(N)c(S(=O)(=O)N6CC[C@@H](N)C6)c5)cc4C3)c2C1. The molecule has 39 heavy (non-hydrogen) atoms. The van der Waals surface area contributed by atoms with Gasteiger partial charge < -0.3 is 21.1 Å². The van der Waals surface area contributed by atoms with Crippen molar-refractivity contribution in [1.82, 2.24) is 19.3 Å². The zero-order valence-electron chi connectivity index (χ0n) is 22.4. The topological polar surface area (TPSA) is 141 Å². The highest BCUT2D eigenvalue weighted by Crippen LogP contribution is 2.39. The summed E-state index contributed by atoms with van der Waals surface area (Å²) in [6, 6.07) is 7.36. The number of nitrogen functional groups attached to an aromatic ring is 1. The lowest BCUT2D eigenvalue weighted by Crippen LogP contribution is -2.32. The van der Waals surface area contributed by atoms with Crippen molar-refractivity contribution >= 4 is 21.7 Å². The first-order chi connectivity index (χ1) is 18.6. The summed E-state index contributed by atoms with van der Waals surface area (Å²) in [7, 11) is -3.80. The van der Waals surface area contributed by atoms with Crippen molar-refractivity contribution in [3.8, 4) is 16.9 Å². The van der Waals surface area contributed by atoms with Gasteiger partial charge in [0.05, 0.1) is 6.54 Å². The molecule has 4 heterocycles. The first kappa shape index (κ1) is 26.0. The Labute approximate surface area is 229 Å². The zero-order chi connectivity index (χ0) is 27.4. The van der Waals surface area contributed by atoms with Crippen LogP contribution in [0.2, 0.25) is 0 Å². The molecule has 2 aliphatic heterocycles. The number of rotatable bonds is 4. The number of fused-ring (bicyclic) bond motifs is 2. The maximum absolute atomic E-state index is 13.3. The first-order valence-electron chi connectivity index (χ1n) is 13.5. The Bertz CT molecular complexity index is 1530. The Balaban J connectivity index is 1.33. The molecule has 206 valence electrons. The lowest BCUT2D eigenvalue weighted by atomic mass is 9.76. The summed E-state index contributed by atoms with van der Waals surface area (Å²) in [5, 5.41) is 0. The number of aryl methyl sites for hydroxylation is 1. The van der Waals surface area contributed by atoms with Crippen molar-refractivity contribution < 1.29 is 13.2 Å². The summed E-state index contributed by atoms with van der Waals surface area (Å²) in [6.45, 7) is 7.12. The second kappa shape index (κ2) is 9.72. The van der Waals surface area contributed by atoms with E-state index in [1.807, 2.05) is 18.2 Å². The molecule has 0 unspecified atom stereocenters. The fourth-order valence-electron chi connectivity index (χ4n) is 5.82. The summed E-state index contributed by atoms with van der Waals surface area (Å²) >= 11 is 0. The molecule has 10 nitrogen and oxygen atoms in total. The number of nitrogens with two attached hydrogens (primary N) is 2. The van der Waals surface area contributed by atoms with Gasteiger partial charge in [-0.1, -0.05) is 19.9 Å². The molecule has 6 rings (SSSR count). The van der Waals surface area contributed by atoms with Crippen LogP contribution in [0.3, 0.4) is 0 Å². The molecule has 11 heteroatoms. The van der Waals surface area contributed by atoms with Gasteiger partial charge in [0.15, 0.2) is 0 Å². The minimum absolute atomic E-state index is 0.0112. The van der Waals surface area contributed by atoms with Gasteiger partial charge in [0.25, 0.3) is 0 Å². The third-order valence-corrected chi connectivity index (χ3v) is 9.96. The maximum atomic E-state index is 13.3. The smallest absolute Gasteiger partial charge is 0.246 e. The summed E-state index contributed by atoms with van der Waals surface area (Å²) in [5.74, 6) is 1.77. The van der Waals surface area contributed by atoms with E-state index in [4.69, 9.17) is 21.2 Å².